The highest BCUT2D eigenvalue weighted by atomic mass is 32.2. The first-order valence-electron chi connectivity index (χ1n) is 11.4. The first-order valence-corrected chi connectivity index (χ1v) is 12.9. The maximum atomic E-state index is 12.9. The quantitative estimate of drug-likeness (QED) is 0.724. The second kappa shape index (κ2) is 10.0. The SMILES string of the molecule is CC1CCN(S(=O)(=O)c2ccc(C(=O)N3CCC(NC(=O)c4cccnc4)CC3)cc2)CC1. The third-order valence-corrected chi connectivity index (χ3v) is 8.44. The minimum Gasteiger partial charge on any atom is -0.349 e. The lowest BCUT2D eigenvalue weighted by atomic mass is 10.0. The van der Waals surface area contributed by atoms with E-state index in [1.807, 2.05) is 0 Å². The largest absolute Gasteiger partial charge is 0.349 e. The van der Waals surface area contributed by atoms with Crippen LogP contribution in [0.4, 0.5) is 0 Å². The van der Waals surface area contributed by atoms with E-state index in [2.05, 4.69) is 17.2 Å². The molecule has 3 heterocycles. The van der Waals surface area contributed by atoms with Crippen LogP contribution in [0.25, 0.3) is 0 Å². The highest BCUT2D eigenvalue weighted by Crippen LogP contribution is 2.24. The standard InChI is InChI=1S/C24H30N4O4S/c1-18-8-15-28(16-9-18)33(31,32)22-6-4-19(5-7-22)24(30)27-13-10-21(11-14-27)26-23(29)20-3-2-12-25-17-20/h2-7,12,17-18,21H,8-11,13-16H2,1H3,(H,26,29). The summed E-state index contributed by atoms with van der Waals surface area (Å²) in [6.45, 7) is 4.28. The van der Waals surface area contributed by atoms with Gasteiger partial charge in [0.1, 0.15) is 0 Å². The Bertz CT molecular complexity index is 1070. The van der Waals surface area contributed by atoms with Gasteiger partial charge in [-0.1, -0.05) is 6.92 Å². The molecule has 1 aromatic carbocycles. The molecule has 2 amide bonds. The Labute approximate surface area is 195 Å². The van der Waals surface area contributed by atoms with Gasteiger partial charge in [-0.3, -0.25) is 14.6 Å². The van der Waals surface area contributed by atoms with Crippen molar-refractivity contribution in [1.29, 1.82) is 0 Å². The molecule has 9 heteroatoms. The van der Waals surface area contributed by atoms with Gasteiger partial charge in [0, 0.05) is 50.2 Å². The Morgan fingerprint density at radius 1 is 0.939 bits per heavy atom. The lowest BCUT2D eigenvalue weighted by Gasteiger charge is -2.32. The number of amides is 2. The molecular formula is C24H30N4O4S. The number of nitrogens with zero attached hydrogens (tertiary/aromatic N) is 3. The molecule has 2 aliphatic rings. The Kier molecular flexibility index (Phi) is 7.09. The van der Waals surface area contributed by atoms with E-state index in [1.165, 1.54) is 22.6 Å². The number of hydrogen-bond acceptors (Lipinski definition) is 5. The van der Waals surface area contributed by atoms with Crippen molar-refractivity contribution in [3.8, 4) is 0 Å². The van der Waals surface area contributed by atoms with E-state index in [-0.39, 0.29) is 22.8 Å². The first-order chi connectivity index (χ1) is 15.8. The van der Waals surface area contributed by atoms with E-state index < -0.39 is 10.0 Å². The van der Waals surface area contributed by atoms with Crippen LogP contribution in [-0.4, -0.2) is 66.6 Å². The van der Waals surface area contributed by atoms with Crippen LogP contribution in [0.3, 0.4) is 0 Å². The number of rotatable bonds is 5. The van der Waals surface area contributed by atoms with E-state index in [4.69, 9.17) is 0 Å². The third kappa shape index (κ3) is 5.42. The zero-order valence-electron chi connectivity index (χ0n) is 18.8. The van der Waals surface area contributed by atoms with Crippen LogP contribution in [0.15, 0.2) is 53.7 Å². The summed E-state index contributed by atoms with van der Waals surface area (Å²) in [6, 6.07) is 9.69. The van der Waals surface area contributed by atoms with Gasteiger partial charge in [-0.25, -0.2) is 8.42 Å². The number of likely N-dealkylation sites (tertiary alicyclic amines) is 1. The molecule has 2 saturated heterocycles. The van der Waals surface area contributed by atoms with Crippen molar-refractivity contribution < 1.29 is 18.0 Å². The fourth-order valence-corrected chi connectivity index (χ4v) is 5.79. The number of aromatic nitrogens is 1. The molecule has 33 heavy (non-hydrogen) atoms. The summed E-state index contributed by atoms with van der Waals surface area (Å²) in [7, 11) is -3.53. The van der Waals surface area contributed by atoms with Crippen molar-refractivity contribution in [2.24, 2.45) is 5.92 Å². The number of sulfonamides is 1. The van der Waals surface area contributed by atoms with Gasteiger partial charge >= 0.3 is 0 Å². The predicted octanol–water partition coefficient (Wildman–Crippen LogP) is 2.54. The van der Waals surface area contributed by atoms with E-state index in [9.17, 15) is 18.0 Å². The number of benzene rings is 1. The number of nitrogens with one attached hydrogen (secondary N) is 1. The molecule has 0 saturated carbocycles. The topological polar surface area (TPSA) is 99.7 Å². The highest BCUT2D eigenvalue weighted by Gasteiger charge is 2.29. The monoisotopic (exact) mass is 470 g/mol. The molecule has 2 aliphatic heterocycles. The summed E-state index contributed by atoms with van der Waals surface area (Å²) in [5.74, 6) is 0.264. The van der Waals surface area contributed by atoms with E-state index in [1.54, 1.807) is 35.4 Å². The summed E-state index contributed by atoms with van der Waals surface area (Å²) >= 11 is 0. The van der Waals surface area contributed by atoms with Gasteiger partial charge in [0.15, 0.2) is 0 Å². The molecule has 0 aliphatic carbocycles. The zero-order valence-corrected chi connectivity index (χ0v) is 19.6. The lowest BCUT2D eigenvalue weighted by molar-refractivity contribution is 0.0698. The van der Waals surface area contributed by atoms with Crippen LogP contribution in [0.1, 0.15) is 53.3 Å². The predicted molar refractivity (Wildman–Crippen MR) is 124 cm³/mol. The summed E-state index contributed by atoms with van der Waals surface area (Å²) in [4.78, 5) is 31.2. The van der Waals surface area contributed by atoms with E-state index in [0.717, 1.165) is 12.8 Å². The van der Waals surface area contributed by atoms with Crippen molar-refractivity contribution in [1.82, 2.24) is 19.5 Å². The molecule has 176 valence electrons. The second-order valence-corrected chi connectivity index (χ2v) is 10.8. The fraction of sp³-hybridized carbons (Fsp3) is 0.458. The summed E-state index contributed by atoms with van der Waals surface area (Å²) in [6.07, 6.45) is 6.22. The minimum atomic E-state index is -3.53. The maximum absolute atomic E-state index is 12.9. The normalized spacial score (nSPS) is 18.8. The summed E-state index contributed by atoms with van der Waals surface area (Å²) in [5.41, 5.74) is 0.990. The van der Waals surface area contributed by atoms with Crippen LogP contribution in [-0.2, 0) is 10.0 Å². The zero-order chi connectivity index (χ0) is 23.4. The van der Waals surface area contributed by atoms with Gasteiger partial charge in [0.25, 0.3) is 11.8 Å². The summed E-state index contributed by atoms with van der Waals surface area (Å²) < 4.78 is 27.3. The Morgan fingerprint density at radius 2 is 1.61 bits per heavy atom. The van der Waals surface area contributed by atoms with Crippen LogP contribution < -0.4 is 5.32 Å². The number of pyridine rings is 1. The highest BCUT2D eigenvalue weighted by molar-refractivity contribution is 7.89. The Hall–Kier alpha value is -2.78. The summed E-state index contributed by atoms with van der Waals surface area (Å²) in [5, 5.41) is 3.00. The molecule has 0 bridgehead atoms. The lowest BCUT2D eigenvalue weighted by Crippen LogP contribution is -2.46. The van der Waals surface area contributed by atoms with Crippen molar-refractivity contribution in [2.75, 3.05) is 26.2 Å². The van der Waals surface area contributed by atoms with Crippen LogP contribution in [0.2, 0.25) is 0 Å². The van der Waals surface area contributed by atoms with Crippen LogP contribution in [0.5, 0.6) is 0 Å². The minimum absolute atomic E-state index is 0.00142. The average Bonchev–Trinajstić information content (AvgIpc) is 2.85. The van der Waals surface area contributed by atoms with Crippen molar-refractivity contribution >= 4 is 21.8 Å². The smallest absolute Gasteiger partial charge is 0.253 e. The molecule has 1 aromatic heterocycles. The third-order valence-electron chi connectivity index (χ3n) is 6.52. The molecule has 1 N–H and O–H groups in total. The molecule has 0 unspecified atom stereocenters. The fourth-order valence-electron chi connectivity index (χ4n) is 4.32. The van der Waals surface area contributed by atoms with Gasteiger partial charge in [-0.2, -0.15) is 4.31 Å². The van der Waals surface area contributed by atoms with Gasteiger partial charge in [-0.15, -0.1) is 0 Å². The van der Waals surface area contributed by atoms with Gasteiger partial charge in [-0.05, 0) is 68.0 Å². The number of carbonyl (C=O) groups is 2. The van der Waals surface area contributed by atoms with E-state index >= 15 is 0 Å². The molecular weight excluding hydrogens is 440 g/mol. The molecule has 0 spiro atoms. The van der Waals surface area contributed by atoms with Crippen molar-refractivity contribution in [3.05, 3.63) is 59.9 Å². The van der Waals surface area contributed by atoms with Gasteiger partial charge in [0.2, 0.25) is 10.0 Å². The van der Waals surface area contributed by atoms with Crippen molar-refractivity contribution in [2.45, 2.75) is 43.5 Å². The van der Waals surface area contributed by atoms with E-state index in [0.29, 0.717) is 56.1 Å². The molecule has 0 radical (unpaired) electrons. The van der Waals surface area contributed by atoms with Gasteiger partial charge < -0.3 is 10.2 Å². The first kappa shape index (κ1) is 23.4. The second-order valence-electron chi connectivity index (χ2n) is 8.89. The number of carbonyl (C=O) groups excluding carboxylic acids is 2. The van der Waals surface area contributed by atoms with Crippen molar-refractivity contribution in [3.63, 3.8) is 0 Å². The molecule has 2 aromatic rings. The molecule has 8 nitrogen and oxygen atoms in total. The van der Waals surface area contributed by atoms with Gasteiger partial charge in [0.05, 0.1) is 10.5 Å². The molecule has 2 fully saturated rings. The number of hydrogen-bond donors (Lipinski definition) is 1. The average molecular weight is 471 g/mol. The number of piperidine rings is 2. The maximum Gasteiger partial charge on any atom is 0.253 e. The Balaban J connectivity index is 1.32. The molecule has 4 rings (SSSR count). The van der Waals surface area contributed by atoms with Crippen LogP contribution >= 0.6 is 0 Å². The Morgan fingerprint density at radius 3 is 2.21 bits per heavy atom. The van der Waals surface area contributed by atoms with Crippen LogP contribution in [0, 0.1) is 5.92 Å². The molecule has 0 atom stereocenters.